The summed E-state index contributed by atoms with van der Waals surface area (Å²) in [5, 5.41) is 0. The third kappa shape index (κ3) is 3.97. The maximum absolute atomic E-state index is 12.7. The van der Waals surface area contributed by atoms with Crippen molar-refractivity contribution in [3.8, 4) is 0 Å². The molecular formula is C19H27NO4. The van der Waals surface area contributed by atoms with E-state index in [1.54, 1.807) is 0 Å². The number of carbonyl (C=O) groups is 1. The molecule has 2 aliphatic heterocycles. The fourth-order valence-electron chi connectivity index (χ4n) is 3.31. The molecule has 0 spiro atoms. The van der Waals surface area contributed by atoms with Crippen LogP contribution in [0.2, 0.25) is 0 Å². The third-order valence-electron chi connectivity index (χ3n) is 4.77. The van der Waals surface area contributed by atoms with Crippen LogP contribution in [0, 0.1) is 13.8 Å². The van der Waals surface area contributed by atoms with Crippen molar-refractivity contribution in [3.63, 3.8) is 0 Å². The molecule has 0 N–H and O–H groups in total. The third-order valence-corrected chi connectivity index (χ3v) is 4.77. The average molecular weight is 333 g/mol. The molecule has 2 aliphatic rings. The van der Waals surface area contributed by atoms with E-state index in [1.807, 2.05) is 11.8 Å². The average Bonchev–Trinajstić information content (AvgIpc) is 2.58. The van der Waals surface area contributed by atoms with Gasteiger partial charge in [-0.1, -0.05) is 23.8 Å². The minimum Gasteiger partial charge on any atom is -0.370 e. The molecule has 0 unspecified atom stereocenters. The molecule has 0 aromatic heterocycles. The summed E-state index contributed by atoms with van der Waals surface area (Å²) in [4.78, 5) is 14.6. The standard InChI is InChI=1S/C19H27NO4/c1-13-5-6-14(2)16(9-13)17-11-20(15(3)12-24-17)18(21)10-19-22-7-4-8-23-19/h5-6,9,15,17,19H,4,7-8,10-12H2,1-3H3/t15-,17+/m0/s1. The first-order chi connectivity index (χ1) is 11.5. The van der Waals surface area contributed by atoms with Gasteiger partial charge in [0.2, 0.25) is 5.91 Å². The van der Waals surface area contributed by atoms with Crippen LogP contribution in [0.3, 0.4) is 0 Å². The fraction of sp³-hybridized carbons (Fsp3) is 0.632. The summed E-state index contributed by atoms with van der Waals surface area (Å²) in [5.74, 6) is 0.0769. The summed E-state index contributed by atoms with van der Waals surface area (Å²) in [7, 11) is 0. The number of morpholine rings is 1. The quantitative estimate of drug-likeness (QED) is 0.853. The highest BCUT2D eigenvalue weighted by Gasteiger charge is 2.32. The Bertz CT molecular complexity index is 583. The Morgan fingerprint density at radius 2 is 1.96 bits per heavy atom. The Morgan fingerprint density at radius 3 is 2.71 bits per heavy atom. The minimum atomic E-state index is -0.402. The lowest BCUT2D eigenvalue weighted by molar-refractivity contribution is -0.190. The number of aryl methyl sites for hydroxylation is 2. The predicted octanol–water partition coefficient (Wildman–Crippen LogP) is 2.74. The van der Waals surface area contributed by atoms with Gasteiger partial charge in [0, 0.05) is 0 Å². The summed E-state index contributed by atoms with van der Waals surface area (Å²) in [6, 6.07) is 6.45. The maximum Gasteiger partial charge on any atom is 0.228 e. The normalized spacial score (nSPS) is 25.7. The van der Waals surface area contributed by atoms with Crippen molar-refractivity contribution in [2.24, 2.45) is 0 Å². The minimum absolute atomic E-state index is 0.0711. The number of ether oxygens (including phenoxy) is 3. The molecule has 1 aromatic carbocycles. The molecule has 0 bridgehead atoms. The van der Waals surface area contributed by atoms with Crippen LogP contribution in [0.25, 0.3) is 0 Å². The highest BCUT2D eigenvalue weighted by molar-refractivity contribution is 5.77. The first-order valence-corrected chi connectivity index (χ1v) is 8.76. The summed E-state index contributed by atoms with van der Waals surface area (Å²) >= 11 is 0. The molecule has 2 saturated heterocycles. The van der Waals surface area contributed by atoms with Crippen LogP contribution in [0.4, 0.5) is 0 Å². The summed E-state index contributed by atoms with van der Waals surface area (Å²) in [6.45, 7) is 8.66. The zero-order valence-electron chi connectivity index (χ0n) is 14.8. The van der Waals surface area contributed by atoms with E-state index in [2.05, 4.69) is 32.0 Å². The van der Waals surface area contributed by atoms with Gasteiger partial charge in [-0.15, -0.1) is 0 Å². The first kappa shape index (κ1) is 17.4. The maximum atomic E-state index is 12.7. The molecule has 5 heteroatoms. The summed E-state index contributed by atoms with van der Waals surface area (Å²) < 4.78 is 17.1. The van der Waals surface area contributed by atoms with E-state index in [-0.39, 0.29) is 24.5 Å². The van der Waals surface area contributed by atoms with Crippen LogP contribution >= 0.6 is 0 Å². The summed E-state index contributed by atoms with van der Waals surface area (Å²) in [6.07, 6.45) is 0.704. The Morgan fingerprint density at radius 1 is 1.21 bits per heavy atom. The van der Waals surface area contributed by atoms with Gasteiger partial charge in [0.15, 0.2) is 6.29 Å². The highest BCUT2D eigenvalue weighted by Crippen LogP contribution is 2.28. The smallest absolute Gasteiger partial charge is 0.228 e. The summed E-state index contributed by atoms with van der Waals surface area (Å²) in [5.41, 5.74) is 3.58. The molecular weight excluding hydrogens is 306 g/mol. The second kappa shape index (κ2) is 7.64. The topological polar surface area (TPSA) is 48.0 Å². The van der Waals surface area contributed by atoms with Gasteiger partial charge in [-0.2, -0.15) is 0 Å². The molecule has 2 heterocycles. The Kier molecular flexibility index (Phi) is 5.54. The van der Waals surface area contributed by atoms with Crippen molar-refractivity contribution in [3.05, 3.63) is 34.9 Å². The Labute approximate surface area is 143 Å². The molecule has 0 saturated carbocycles. The van der Waals surface area contributed by atoms with Gasteiger partial charge in [0.05, 0.1) is 38.8 Å². The number of hydrogen-bond donors (Lipinski definition) is 0. The molecule has 132 valence electrons. The van der Waals surface area contributed by atoms with Crippen LogP contribution in [0.5, 0.6) is 0 Å². The Hall–Kier alpha value is -1.43. The van der Waals surface area contributed by atoms with E-state index < -0.39 is 6.29 Å². The molecule has 5 nitrogen and oxygen atoms in total. The number of nitrogens with zero attached hydrogens (tertiary/aromatic N) is 1. The fourth-order valence-corrected chi connectivity index (χ4v) is 3.31. The molecule has 2 atom stereocenters. The van der Waals surface area contributed by atoms with Crippen molar-refractivity contribution in [2.45, 2.75) is 52.0 Å². The van der Waals surface area contributed by atoms with Crippen LogP contribution in [0.1, 0.15) is 42.6 Å². The van der Waals surface area contributed by atoms with Crippen LogP contribution < -0.4 is 0 Å². The monoisotopic (exact) mass is 333 g/mol. The van der Waals surface area contributed by atoms with Gasteiger partial charge in [-0.05, 0) is 38.3 Å². The lowest BCUT2D eigenvalue weighted by Gasteiger charge is -2.39. The lowest BCUT2D eigenvalue weighted by Crippen LogP contribution is -2.49. The molecule has 1 amide bonds. The van der Waals surface area contributed by atoms with Gasteiger partial charge in [0.1, 0.15) is 6.10 Å². The molecule has 0 radical (unpaired) electrons. The number of carbonyl (C=O) groups excluding carboxylic acids is 1. The van der Waals surface area contributed by atoms with E-state index in [0.717, 1.165) is 6.42 Å². The predicted molar refractivity (Wildman–Crippen MR) is 90.7 cm³/mol. The van der Waals surface area contributed by atoms with Crippen LogP contribution in [-0.2, 0) is 19.0 Å². The number of hydrogen-bond acceptors (Lipinski definition) is 4. The molecule has 3 rings (SSSR count). The number of rotatable bonds is 3. The van der Waals surface area contributed by atoms with Gasteiger partial charge in [-0.25, -0.2) is 0 Å². The molecule has 24 heavy (non-hydrogen) atoms. The van der Waals surface area contributed by atoms with Crippen molar-refractivity contribution in [2.75, 3.05) is 26.4 Å². The van der Waals surface area contributed by atoms with Crippen molar-refractivity contribution in [1.82, 2.24) is 4.90 Å². The zero-order valence-corrected chi connectivity index (χ0v) is 14.8. The molecule has 2 fully saturated rings. The van der Waals surface area contributed by atoms with E-state index in [9.17, 15) is 4.79 Å². The van der Waals surface area contributed by atoms with E-state index in [4.69, 9.17) is 14.2 Å². The molecule has 1 aromatic rings. The van der Waals surface area contributed by atoms with Crippen molar-refractivity contribution in [1.29, 1.82) is 0 Å². The highest BCUT2D eigenvalue weighted by atomic mass is 16.7. The van der Waals surface area contributed by atoms with E-state index in [0.29, 0.717) is 26.4 Å². The van der Waals surface area contributed by atoms with Crippen molar-refractivity contribution >= 4 is 5.91 Å². The Balaban J connectivity index is 1.68. The van der Waals surface area contributed by atoms with Gasteiger partial charge < -0.3 is 19.1 Å². The number of benzene rings is 1. The number of amides is 1. The van der Waals surface area contributed by atoms with Gasteiger partial charge in [0.25, 0.3) is 0 Å². The SMILES string of the molecule is Cc1ccc(C)c([C@H]2CN(C(=O)CC3OCCCO3)[C@@H](C)CO2)c1. The van der Waals surface area contributed by atoms with Gasteiger partial charge in [-0.3, -0.25) is 4.79 Å². The van der Waals surface area contributed by atoms with E-state index >= 15 is 0 Å². The van der Waals surface area contributed by atoms with Crippen molar-refractivity contribution < 1.29 is 19.0 Å². The first-order valence-electron chi connectivity index (χ1n) is 8.76. The van der Waals surface area contributed by atoms with Gasteiger partial charge >= 0.3 is 0 Å². The lowest BCUT2D eigenvalue weighted by atomic mass is 9.98. The van der Waals surface area contributed by atoms with Crippen LogP contribution in [0.15, 0.2) is 18.2 Å². The second-order valence-electron chi connectivity index (χ2n) is 6.81. The van der Waals surface area contributed by atoms with Crippen LogP contribution in [-0.4, -0.2) is 49.5 Å². The second-order valence-corrected chi connectivity index (χ2v) is 6.81. The van der Waals surface area contributed by atoms with E-state index in [1.165, 1.54) is 16.7 Å². The zero-order chi connectivity index (χ0) is 17.1. The molecule has 0 aliphatic carbocycles. The largest absolute Gasteiger partial charge is 0.370 e.